The molecule has 2 heteroatoms. The molecule has 11 heavy (non-hydrogen) atoms. The first kappa shape index (κ1) is 8.57. The summed E-state index contributed by atoms with van der Waals surface area (Å²) in [5, 5.41) is 7.89. The topological polar surface area (TPSA) is 27.1 Å². The van der Waals surface area contributed by atoms with Crippen LogP contribution in [0, 0.1) is 10.8 Å². The molecular weight excluding hydrogens is 136 g/mol. The van der Waals surface area contributed by atoms with Crippen molar-refractivity contribution in [1.82, 2.24) is 4.90 Å². The fraction of sp³-hybridized carbons (Fsp3) is 0.889. The number of rotatable bonds is 3. The number of hydrogen-bond donors (Lipinski definition) is 1. The Hall–Kier alpha value is -0.530. The third kappa shape index (κ3) is 1.55. The van der Waals surface area contributed by atoms with E-state index >= 15 is 0 Å². The van der Waals surface area contributed by atoms with Crippen LogP contribution in [0.2, 0.25) is 0 Å². The van der Waals surface area contributed by atoms with E-state index in [0.29, 0.717) is 0 Å². The highest BCUT2D eigenvalue weighted by molar-refractivity contribution is 5.87. The van der Waals surface area contributed by atoms with Gasteiger partial charge in [0.15, 0.2) is 0 Å². The van der Waals surface area contributed by atoms with E-state index in [1.54, 1.807) is 0 Å². The lowest BCUT2D eigenvalue weighted by molar-refractivity contribution is 0.428. The van der Waals surface area contributed by atoms with Crippen molar-refractivity contribution in [2.24, 2.45) is 5.41 Å². The molecule has 1 aliphatic rings. The molecule has 1 N–H and O–H groups in total. The molecule has 0 heterocycles. The molecule has 1 aliphatic carbocycles. The molecule has 1 rings (SSSR count). The highest BCUT2D eigenvalue weighted by Crippen LogP contribution is 2.46. The SMILES string of the molecule is CCN(CC)C(=N)C1(C)CC1. The largest absolute Gasteiger partial charge is 0.361 e. The number of nitrogens with one attached hydrogen (secondary N) is 1. The minimum absolute atomic E-state index is 0.242. The van der Waals surface area contributed by atoms with Gasteiger partial charge in [0.05, 0.1) is 0 Å². The second-order valence-corrected chi connectivity index (χ2v) is 3.58. The molecule has 0 aliphatic heterocycles. The first-order chi connectivity index (χ1) is 5.14. The van der Waals surface area contributed by atoms with Crippen LogP contribution in [0.1, 0.15) is 33.6 Å². The highest BCUT2D eigenvalue weighted by Gasteiger charge is 2.43. The van der Waals surface area contributed by atoms with Gasteiger partial charge in [-0.2, -0.15) is 0 Å². The van der Waals surface area contributed by atoms with Gasteiger partial charge in [-0.1, -0.05) is 6.92 Å². The molecule has 0 atom stereocenters. The van der Waals surface area contributed by atoms with E-state index in [4.69, 9.17) is 5.41 Å². The number of nitrogens with zero attached hydrogens (tertiary/aromatic N) is 1. The van der Waals surface area contributed by atoms with E-state index in [1.165, 1.54) is 12.8 Å². The Morgan fingerprint density at radius 3 is 2.09 bits per heavy atom. The summed E-state index contributed by atoms with van der Waals surface area (Å²) >= 11 is 0. The zero-order valence-electron chi connectivity index (χ0n) is 7.78. The third-order valence-electron chi connectivity index (χ3n) is 2.65. The number of hydrogen-bond acceptors (Lipinski definition) is 1. The molecule has 0 aromatic heterocycles. The first-order valence-corrected chi connectivity index (χ1v) is 4.48. The van der Waals surface area contributed by atoms with E-state index in [2.05, 4.69) is 25.7 Å². The molecule has 0 aromatic carbocycles. The molecule has 0 radical (unpaired) electrons. The Kier molecular flexibility index (Phi) is 2.21. The molecule has 2 nitrogen and oxygen atoms in total. The predicted molar refractivity (Wildman–Crippen MR) is 48.0 cm³/mol. The van der Waals surface area contributed by atoms with Crippen molar-refractivity contribution in [3.8, 4) is 0 Å². The minimum atomic E-state index is 0.242. The van der Waals surface area contributed by atoms with Crippen LogP contribution < -0.4 is 0 Å². The summed E-state index contributed by atoms with van der Waals surface area (Å²) in [5.41, 5.74) is 0.242. The maximum Gasteiger partial charge on any atom is 0.102 e. The minimum Gasteiger partial charge on any atom is -0.361 e. The lowest BCUT2D eigenvalue weighted by atomic mass is 10.1. The third-order valence-corrected chi connectivity index (χ3v) is 2.65. The van der Waals surface area contributed by atoms with Crippen LogP contribution in [-0.2, 0) is 0 Å². The van der Waals surface area contributed by atoms with Gasteiger partial charge in [0.2, 0.25) is 0 Å². The standard InChI is InChI=1S/C9H18N2/c1-4-11(5-2)8(10)9(3)6-7-9/h10H,4-7H2,1-3H3. The lowest BCUT2D eigenvalue weighted by Gasteiger charge is -2.25. The fourth-order valence-corrected chi connectivity index (χ4v) is 1.35. The van der Waals surface area contributed by atoms with Crippen molar-refractivity contribution in [3.63, 3.8) is 0 Å². The van der Waals surface area contributed by atoms with Crippen LogP contribution in [0.5, 0.6) is 0 Å². The average molecular weight is 154 g/mol. The Bertz CT molecular complexity index is 155. The fourth-order valence-electron chi connectivity index (χ4n) is 1.35. The van der Waals surface area contributed by atoms with Crippen molar-refractivity contribution in [1.29, 1.82) is 5.41 Å². The zero-order valence-corrected chi connectivity index (χ0v) is 7.78. The quantitative estimate of drug-likeness (QED) is 0.489. The summed E-state index contributed by atoms with van der Waals surface area (Å²) in [4.78, 5) is 2.15. The van der Waals surface area contributed by atoms with Gasteiger partial charge in [0.1, 0.15) is 5.84 Å². The van der Waals surface area contributed by atoms with Gasteiger partial charge in [-0.05, 0) is 26.7 Å². The van der Waals surface area contributed by atoms with E-state index < -0.39 is 0 Å². The van der Waals surface area contributed by atoms with Crippen LogP contribution in [0.15, 0.2) is 0 Å². The van der Waals surface area contributed by atoms with E-state index in [0.717, 1.165) is 18.9 Å². The van der Waals surface area contributed by atoms with Crippen LogP contribution in [0.3, 0.4) is 0 Å². The summed E-state index contributed by atoms with van der Waals surface area (Å²) in [7, 11) is 0. The van der Waals surface area contributed by atoms with E-state index in [1.807, 2.05) is 0 Å². The van der Waals surface area contributed by atoms with Gasteiger partial charge < -0.3 is 4.90 Å². The van der Waals surface area contributed by atoms with Gasteiger partial charge in [0, 0.05) is 18.5 Å². The smallest absolute Gasteiger partial charge is 0.102 e. The molecule has 0 aromatic rings. The Balaban J connectivity index is 2.51. The summed E-state index contributed by atoms with van der Waals surface area (Å²) < 4.78 is 0. The molecule has 1 saturated carbocycles. The van der Waals surface area contributed by atoms with E-state index in [9.17, 15) is 0 Å². The molecule has 0 unspecified atom stereocenters. The van der Waals surface area contributed by atoms with Crippen molar-refractivity contribution in [2.75, 3.05) is 13.1 Å². The second kappa shape index (κ2) is 2.84. The summed E-state index contributed by atoms with van der Waals surface area (Å²) in [6.07, 6.45) is 2.42. The molecule has 0 bridgehead atoms. The monoisotopic (exact) mass is 154 g/mol. The Morgan fingerprint density at radius 2 is 1.82 bits per heavy atom. The maximum absolute atomic E-state index is 7.89. The molecule has 0 spiro atoms. The molecule has 0 amide bonds. The van der Waals surface area contributed by atoms with Crippen molar-refractivity contribution in [3.05, 3.63) is 0 Å². The maximum atomic E-state index is 7.89. The van der Waals surface area contributed by atoms with Crippen molar-refractivity contribution in [2.45, 2.75) is 33.6 Å². The van der Waals surface area contributed by atoms with Crippen molar-refractivity contribution < 1.29 is 0 Å². The van der Waals surface area contributed by atoms with E-state index in [-0.39, 0.29) is 5.41 Å². The van der Waals surface area contributed by atoms with Gasteiger partial charge >= 0.3 is 0 Å². The van der Waals surface area contributed by atoms with Gasteiger partial charge in [0.25, 0.3) is 0 Å². The Labute approximate surface area is 69.1 Å². The normalized spacial score (nSPS) is 19.5. The van der Waals surface area contributed by atoms with Crippen LogP contribution in [0.25, 0.3) is 0 Å². The highest BCUT2D eigenvalue weighted by atomic mass is 15.2. The second-order valence-electron chi connectivity index (χ2n) is 3.58. The van der Waals surface area contributed by atoms with Crippen LogP contribution in [-0.4, -0.2) is 23.8 Å². The molecule has 64 valence electrons. The summed E-state index contributed by atoms with van der Waals surface area (Å²) in [6.45, 7) is 8.37. The van der Waals surface area contributed by atoms with Crippen LogP contribution >= 0.6 is 0 Å². The first-order valence-electron chi connectivity index (χ1n) is 4.48. The average Bonchev–Trinajstić information content (AvgIpc) is 2.72. The van der Waals surface area contributed by atoms with Gasteiger partial charge in [-0.3, -0.25) is 5.41 Å². The van der Waals surface area contributed by atoms with Crippen molar-refractivity contribution >= 4 is 5.84 Å². The lowest BCUT2D eigenvalue weighted by Crippen LogP contribution is -2.35. The van der Waals surface area contributed by atoms with Gasteiger partial charge in [-0.25, -0.2) is 0 Å². The molecule has 1 fully saturated rings. The molecule has 0 saturated heterocycles. The zero-order chi connectivity index (χ0) is 8.48. The van der Waals surface area contributed by atoms with Gasteiger partial charge in [-0.15, -0.1) is 0 Å². The number of amidine groups is 1. The molecular formula is C9H18N2. The summed E-state index contributed by atoms with van der Waals surface area (Å²) in [5.74, 6) is 0.850. The van der Waals surface area contributed by atoms with Crippen LogP contribution in [0.4, 0.5) is 0 Å². The predicted octanol–water partition coefficient (Wildman–Crippen LogP) is 2.11. The Morgan fingerprint density at radius 1 is 1.36 bits per heavy atom. The summed E-state index contributed by atoms with van der Waals surface area (Å²) in [6, 6.07) is 0.